The summed E-state index contributed by atoms with van der Waals surface area (Å²) in [7, 11) is 2.61. The summed E-state index contributed by atoms with van der Waals surface area (Å²) < 4.78 is 20.7. The molecule has 2 aromatic rings. The van der Waals surface area contributed by atoms with Crippen molar-refractivity contribution >= 4 is 76.1 Å². The molecule has 0 saturated carbocycles. The molecule has 2 fully saturated rings. The number of piperidine rings is 1. The molecule has 0 N–H and O–H groups in total. The van der Waals surface area contributed by atoms with E-state index >= 15 is 0 Å². The molecular weight excluding hydrogens is 845 g/mol. The van der Waals surface area contributed by atoms with Gasteiger partial charge in [0.1, 0.15) is 23.6 Å². The number of anilines is 1. The zero-order valence-electron chi connectivity index (χ0n) is 34.6. The van der Waals surface area contributed by atoms with Crippen molar-refractivity contribution in [1.82, 2.24) is 29.7 Å². The number of carbonyl (C=O) groups excluding carboxylic acids is 4. The summed E-state index contributed by atoms with van der Waals surface area (Å²) in [6, 6.07) is 0. The third kappa shape index (κ3) is 13.6. The maximum absolute atomic E-state index is 12.8. The minimum Gasteiger partial charge on any atom is -0.469 e. The van der Waals surface area contributed by atoms with Gasteiger partial charge in [-0.15, -0.1) is 0 Å². The van der Waals surface area contributed by atoms with Crippen molar-refractivity contribution in [3.8, 4) is 0 Å². The van der Waals surface area contributed by atoms with Crippen LogP contribution in [0.1, 0.15) is 81.1 Å². The van der Waals surface area contributed by atoms with Gasteiger partial charge in [-0.25, -0.2) is 24.4 Å². The number of hydrogen-bond donors (Lipinski definition) is 0. The van der Waals surface area contributed by atoms with E-state index in [-0.39, 0.29) is 65.3 Å². The van der Waals surface area contributed by atoms with Crippen LogP contribution < -0.4 is 4.90 Å². The van der Waals surface area contributed by atoms with Crippen molar-refractivity contribution in [3.63, 3.8) is 0 Å². The van der Waals surface area contributed by atoms with E-state index in [0.717, 1.165) is 25.2 Å². The molecule has 0 aliphatic carbocycles. The van der Waals surface area contributed by atoms with Gasteiger partial charge in [-0.05, 0) is 90.4 Å². The zero-order valence-corrected chi connectivity index (χ0v) is 36.8. The van der Waals surface area contributed by atoms with E-state index < -0.39 is 49.8 Å². The highest BCUT2D eigenvalue weighted by molar-refractivity contribution is 6.33. The lowest BCUT2D eigenvalue weighted by Crippen LogP contribution is -2.68. The van der Waals surface area contributed by atoms with Gasteiger partial charge < -0.3 is 33.6 Å². The molecule has 0 aromatic carbocycles. The lowest BCUT2D eigenvalue weighted by molar-refractivity contribution is -0.385. The van der Waals surface area contributed by atoms with Gasteiger partial charge in [0.05, 0.1) is 36.0 Å². The topological polar surface area (TPSA) is 253 Å². The number of methoxy groups -OCH3 is 2. The van der Waals surface area contributed by atoms with Crippen molar-refractivity contribution < 1.29 is 48.0 Å². The van der Waals surface area contributed by atoms with Gasteiger partial charge in [0.2, 0.25) is 21.5 Å². The Morgan fingerprint density at radius 2 is 1.24 bits per heavy atom. The molecule has 0 radical (unpaired) electrons. The molecule has 2 aliphatic rings. The molecule has 0 spiro atoms. The fourth-order valence-electron chi connectivity index (χ4n) is 6.08. The van der Waals surface area contributed by atoms with E-state index in [1.165, 1.54) is 24.0 Å². The number of nitrogens with zero attached hydrogens (tertiary/aromatic N) is 9. The van der Waals surface area contributed by atoms with Gasteiger partial charge in [0.15, 0.2) is 5.54 Å². The third-order valence-electron chi connectivity index (χ3n) is 8.95. The highest BCUT2D eigenvalue weighted by Crippen LogP contribution is 2.37. The van der Waals surface area contributed by atoms with E-state index in [1.54, 1.807) is 32.6 Å². The van der Waals surface area contributed by atoms with Crippen LogP contribution in [0.5, 0.6) is 0 Å². The minimum absolute atomic E-state index is 0.0797. The molecule has 24 heteroatoms. The number of piperazine rings is 1. The molecule has 328 valence electrons. The second-order valence-corrected chi connectivity index (χ2v) is 16.3. The number of likely N-dealkylation sites (tertiary alicyclic amines) is 1. The third-order valence-corrected chi connectivity index (χ3v) is 9.60. The predicted octanol–water partition coefficient (Wildman–Crippen LogP) is 6.70. The summed E-state index contributed by atoms with van der Waals surface area (Å²) in [6.07, 6.45) is 3.41. The number of esters is 2. The SMILES string of the molecule is CCC1(C(=O)OC)CCCN(C(=O)OC(C)(C)C)C1.CCC1(C(=O)OC)CN(C(=O)OC(C)(C)C)CCN1c1nc(Cl)ncc1[N+](=O)[O-].O=[N+]([O-])c1cnc(Cl)nc1Cl. The molecule has 2 amide bonds. The van der Waals surface area contributed by atoms with Gasteiger partial charge in [-0.3, -0.25) is 25.0 Å². The molecule has 2 saturated heterocycles. The second kappa shape index (κ2) is 20.9. The second-order valence-electron chi connectivity index (χ2n) is 15.2. The monoisotopic (exact) mass is 893 g/mol. The first-order valence-corrected chi connectivity index (χ1v) is 19.3. The lowest BCUT2D eigenvalue weighted by Gasteiger charge is -2.48. The average molecular weight is 895 g/mol. The average Bonchev–Trinajstić information content (AvgIpc) is 3.15. The number of halogens is 3. The Kier molecular flexibility index (Phi) is 17.8. The Morgan fingerprint density at radius 3 is 1.68 bits per heavy atom. The van der Waals surface area contributed by atoms with E-state index in [0.29, 0.717) is 19.5 Å². The smallest absolute Gasteiger partial charge is 0.410 e. The largest absolute Gasteiger partial charge is 0.469 e. The number of hydrogen-bond acceptors (Lipinski definition) is 17. The summed E-state index contributed by atoms with van der Waals surface area (Å²) in [6.45, 7) is 15.5. The minimum atomic E-state index is -1.41. The van der Waals surface area contributed by atoms with Crippen LogP contribution in [0.25, 0.3) is 0 Å². The molecule has 59 heavy (non-hydrogen) atoms. The maximum Gasteiger partial charge on any atom is 0.410 e. The molecule has 4 rings (SSSR count). The molecule has 2 aromatic heterocycles. The Bertz CT molecular complexity index is 1860. The highest BCUT2D eigenvalue weighted by Gasteiger charge is 2.52. The number of carbonyl (C=O) groups is 4. The van der Waals surface area contributed by atoms with E-state index in [1.807, 2.05) is 27.7 Å². The number of aromatic nitrogens is 4. The lowest BCUT2D eigenvalue weighted by atomic mass is 9.78. The van der Waals surface area contributed by atoms with Crippen molar-refractivity contribution in [2.24, 2.45) is 5.41 Å². The summed E-state index contributed by atoms with van der Waals surface area (Å²) in [5, 5.41) is 21.1. The molecule has 2 aliphatic heterocycles. The fourth-order valence-corrected chi connectivity index (χ4v) is 6.58. The number of nitro groups is 2. The maximum atomic E-state index is 12.8. The Balaban J connectivity index is 0.000000341. The van der Waals surface area contributed by atoms with E-state index in [4.69, 9.17) is 53.8 Å². The van der Waals surface area contributed by atoms with E-state index in [2.05, 4.69) is 19.9 Å². The van der Waals surface area contributed by atoms with E-state index in [9.17, 15) is 39.4 Å². The molecule has 21 nitrogen and oxygen atoms in total. The molecular formula is C35H50Cl3N9O12. The summed E-state index contributed by atoms with van der Waals surface area (Å²) in [5.41, 5.74) is -3.98. The highest BCUT2D eigenvalue weighted by atomic mass is 35.5. The van der Waals surface area contributed by atoms with Crippen LogP contribution in [0.3, 0.4) is 0 Å². The first-order chi connectivity index (χ1) is 27.3. The number of ether oxygens (including phenoxy) is 4. The van der Waals surface area contributed by atoms with Crippen LogP contribution in [-0.4, -0.2) is 127 Å². The first-order valence-electron chi connectivity index (χ1n) is 18.2. The molecule has 2 atom stereocenters. The fraction of sp³-hybridized carbons (Fsp3) is 0.657. The molecule has 2 unspecified atom stereocenters. The first kappa shape index (κ1) is 50.3. The van der Waals surface area contributed by atoms with Crippen LogP contribution in [-0.2, 0) is 28.5 Å². The Hall–Kier alpha value is -4.89. The number of rotatable bonds is 7. The van der Waals surface area contributed by atoms with Crippen molar-refractivity contribution in [2.75, 3.05) is 51.8 Å². The van der Waals surface area contributed by atoms with Crippen LogP contribution in [0.4, 0.5) is 26.8 Å². The van der Waals surface area contributed by atoms with Gasteiger partial charge in [-0.1, -0.05) is 25.4 Å². The quantitative estimate of drug-likeness (QED) is 0.0700. The van der Waals surface area contributed by atoms with Crippen molar-refractivity contribution in [3.05, 3.63) is 48.3 Å². The standard InChI is InChI=1S/C17H24ClN5O6.C14H25NO4.C4HCl2N3O2/c1-6-17(13(24)28-5)10-21(15(25)29-16(2,3)4)7-8-22(17)12-11(23(26)27)9-19-14(18)20-12;1-6-14(11(16)18-5)8-7-9-15(10-14)12(17)19-13(2,3)4;5-3-2(9(10)11)1-7-4(6)8-3/h9H,6-8,10H2,1-5H3;6-10H2,1-5H3;1H. The van der Waals surface area contributed by atoms with Gasteiger partial charge in [0.25, 0.3) is 0 Å². The van der Waals surface area contributed by atoms with Gasteiger partial charge in [-0.2, -0.15) is 9.97 Å². The van der Waals surface area contributed by atoms with Gasteiger partial charge in [0, 0.05) is 26.2 Å². The summed E-state index contributed by atoms with van der Waals surface area (Å²) in [5.74, 6) is -0.994. The van der Waals surface area contributed by atoms with Crippen LogP contribution in [0, 0.1) is 25.6 Å². The Labute approximate surface area is 356 Å². The van der Waals surface area contributed by atoms with Crippen LogP contribution in [0.2, 0.25) is 15.7 Å². The van der Waals surface area contributed by atoms with Gasteiger partial charge >= 0.3 is 35.5 Å². The van der Waals surface area contributed by atoms with Crippen molar-refractivity contribution in [1.29, 1.82) is 0 Å². The molecule has 0 bridgehead atoms. The van der Waals surface area contributed by atoms with Crippen molar-refractivity contribution in [2.45, 2.75) is 97.8 Å². The summed E-state index contributed by atoms with van der Waals surface area (Å²) in [4.78, 5) is 88.7. The number of amides is 2. The van der Waals surface area contributed by atoms with Crippen LogP contribution in [0.15, 0.2) is 12.4 Å². The van der Waals surface area contributed by atoms with Crippen LogP contribution >= 0.6 is 34.8 Å². The summed E-state index contributed by atoms with van der Waals surface area (Å²) >= 11 is 16.5. The zero-order chi connectivity index (χ0) is 45.1. The predicted molar refractivity (Wildman–Crippen MR) is 214 cm³/mol. The molecule has 4 heterocycles. The normalized spacial score (nSPS) is 19.2. The Morgan fingerprint density at radius 1 is 0.746 bits per heavy atom.